The van der Waals surface area contributed by atoms with Crippen LogP contribution in [0.3, 0.4) is 0 Å². The highest BCUT2D eigenvalue weighted by atomic mass is 16.6. The molecule has 3 unspecified atom stereocenters. The zero-order valence-electron chi connectivity index (χ0n) is 27.8. The maximum atomic E-state index is 10.9. The molecule has 0 saturated heterocycles. The first-order chi connectivity index (χ1) is 21.3. The SMILES string of the molecule is CCCCCOc1cc(C(C#N)(CCCC(N)CC2COc3ccccc3O2)C(C)C)c(OCCCCC)c(OC)c1OC. The number of fused-ring (bicyclic) bond motifs is 1. The average Bonchev–Trinajstić information content (AvgIpc) is 3.03. The molecule has 244 valence electrons. The Hall–Kier alpha value is -3.31. The molecule has 0 amide bonds. The first kappa shape index (κ1) is 35.2. The van der Waals surface area contributed by atoms with Crippen LogP contribution in [0.5, 0.6) is 34.5 Å². The summed E-state index contributed by atoms with van der Waals surface area (Å²) in [5.41, 5.74) is 6.55. The van der Waals surface area contributed by atoms with Crippen LogP contribution in [0.2, 0.25) is 0 Å². The zero-order chi connectivity index (χ0) is 32.0. The van der Waals surface area contributed by atoms with Crippen molar-refractivity contribution >= 4 is 0 Å². The molecule has 1 heterocycles. The zero-order valence-corrected chi connectivity index (χ0v) is 27.8. The van der Waals surface area contributed by atoms with Crippen LogP contribution in [-0.2, 0) is 5.41 Å². The normalized spacial score (nSPS) is 16.1. The second kappa shape index (κ2) is 17.9. The number of nitrogens with two attached hydrogens (primary N) is 1. The van der Waals surface area contributed by atoms with Crippen molar-refractivity contribution in [3.63, 3.8) is 0 Å². The lowest BCUT2D eigenvalue weighted by Gasteiger charge is -2.34. The number of nitrogens with zero attached hydrogens (tertiary/aromatic N) is 1. The molecule has 0 spiro atoms. The van der Waals surface area contributed by atoms with Crippen molar-refractivity contribution in [3.8, 4) is 40.6 Å². The van der Waals surface area contributed by atoms with Gasteiger partial charge in [0.25, 0.3) is 0 Å². The van der Waals surface area contributed by atoms with Gasteiger partial charge in [0.05, 0.1) is 38.9 Å². The molecule has 0 radical (unpaired) electrons. The van der Waals surface area contributed by atoms with Gasteiger partial charge in [-0.05, 0) is 56.2 Å². The summed E-state index contributed by atoms with van der Waals surface area (Å²) in [6, 6.07) is 12.3. The van der Waals surface area contributed by atoms with E-state index in [9.17, 15) is 5.26 Å². The Labute approximate surface area is 265 Å². The topological polar surface area (TPSA) is 105 Å². The number of unbranched alkanes of at least 4 members (excludes halogenated alkanes) is 4. The van der Waals surface area contributed by atoms with Gasteiger partial charge in [-0.15, -0.1) is 0 Å². The van der Waals surface area contributed by atoms with E-state index < -0.39 is 5.41 Å². The maximum absolute atomic E-state index is 10.9. The summed E-state index contributed by atoms with van der Waals surface area (Å²) < 4.78 is 36.5. The van der Waals surface area contributed by atoms with Gasteiger partial charge in [0, 0.05) is 18.0 Å². The lowest BCUT2D eigenvalue weighted by molar-refractivity contribution is 0.0788. The van der Waals surface area contributed by atoms with Crippen LogP contribution in [0.15, 0.2) is 30.3 Å². The van der Waals surface area contributed by atoms with Crippen molar-refractivity contribution in [3.05, 3.63) is 35.9 Å². The number of ether oxygens (including phenoxy) is 6. The third-order valence-corrected chi connectivity index (χ3v) is 8.51. The summed E-state index contributed by atoms with van der Waals surface area (Å²) in [5.74, 6) is 3.61. The Balaban J connectivity index is 1.87. The Bertz CT molecular complexity index is 1200. The van der Waals surface area contributed by atoms with Gasteiger partial charge in [-0.25, -0.2) is 0 Å². The number of benzene rings is 2. The molecular formula is C36H54N2O6. The van der Waals surface area contributed by atoms with E-state index in [0.29, 0.717) is 55.7 Å². The minimum atomic E-state index is -0.857. The van der Waals surface area contributed by atoms with Gasteiger partial charge in [0.15, 0.2) is 23.0 Å². The molecule has 0 fully saturated rings. The molecule has 0 aromatic heterocycles. The summed E-state index contributed by atoms with van der Waals surface area (Å²) in [5, 5.41) is 10.9. The van der Waals surface area contributed by atoms with E-state index in [1.807, 2.05) is 30.3 Å². The van der Waals surface area contributed by atoms with Crippen LogP contribution in [0.4, 0.5) is 0 Å². The van der Waals surface area contributed by atoms with E-state index >= 15 is 0 Å². The monoisotopic (exact) mass is 610 g/mol. The molecule has 0 bridgehead atoms. The molecule has 2 aromatic rings. The molecule has 3 atom stereocenters. The molecule has 3 rings (SSSR count). The fourth-order valence-corrected chi connectivity index (χ4v) is 5.88. The van der Waals surface area contributed by atoms with E-state index in [1.54, 1.807) is 14.2 Å². The number of hydrogen-bond donors (Lipinski definition) is 1. The van der Waals surface area contributed by atoms with E-state index in [0.717, 1.165) is 68.4 Å². The van der Waals surface area contributed by atoms with Gasteiger partial charge >= 0.3 is 0 Å². The highest BCUT2D eigenvalue weighted by Crippen LogP contribution is 2.53. The number of methoxy groups -OCH3 is 2. The van der Waals surface area contributed by atoms with Gasteiger partial charge in [0.1, 0.15) is 12.7 Å². The van der Waals surface area contributed by atoms with E-state index in [-0.39, 0.29) is 18.1 Å². The van der Waals surface area contributed by atoms with E-state index in [4.69, 9.17) is 34.2 Å². The fraction of sp³-hybridized carbons (Fsp3) is 0.639. The maximum Gasteiger partial charge on any atom is 0.207 e. The van der Waals surface area contributed by atoms with Crippen LogP contribution in [0.1, 0.15) is 97.5 Å². The first-order valence-electron chi connectivity index (χ1n) is 16.4. The van der Waals surface area contributed by atoms with Crippen molar-refractivity contribution < 1.29 is 28.4 Å². The lowest BCUT2D eigenvalue weighted by Crippen LogP contribution is -2.36. The summed E-state index contributed by atoms with van der Waals surface area (Å²) in [4.78, 5) is 0. The third kappa shape index (κ3) is 8.88. The van der Waals surface area contributed by atoms with Gasteiger partial charge in [-0.2, -0.15) is 5.26 Å². The molecule has 0 saturated carbocycles. The summed E-state index contributed by atoms with van der Waals surface area (Å²) in [6.45, 7) is 10.1. The first-order valence-corrected chi connectivity index (χ1v) is 16.4. The Morgan fingerprint density at radius 3 is 2.20 bits per heavy atom. The molecule has 2 aromatic carbocycles. The van der Waals surface area contributed by atoms with Crippen molar-refractivity contribution in [1.82, 2.24) is 0 Å². The number of rotatable bonds is 20. The smallest absolute Gasteiger partial charge is 0.207 e. The highest BCUT2D eigenvalue weighted by Gasteiger charge is 2.41. The Morgan fingerprint density at radius 1 is 0.932 bits per heavy atom. The van der Waals surface area contributed by atoms with E-state index in [2.05, 4.69) is 33.8 Å². The molecule has 0 aliphatic carbocycles. The standard InChI is InChI=1S/C36H54N2O6/c1-7-9-13-20-41-32-23-29(33(42-21-14-10-8-2)35(40-6)34(32)39-5)36(25-37,26(3)4)19-15-16-27(38)22-28-24-43-30-17-11-12-18-31(30)44-28/h11-12,17-18,23,26-28H,7-10,13-16,19-22,24,38H2,1-6H3. The van der Waals surface area contributed by atoms with Crippen molar-refractivity contribution in [1.29, 1.82) is 5.26 Å². The average molecular weight is 611 g/mol. The van der Waals surface area contributed by atoms with Crippen molar-refractivity contribution in [2.24, 2.45) is 11.7 Å². The predicted octanol–water partition coefficient (Wildman–Crippen LogP) is 7.99. The molecule has 1 aliphatic heterocycles. The molecular weight excluding hydrogens is 556 g/mol. The lowest BCUT2D eigenvalue weighted by atomic mass is 9.69. The van der Waals surface area contributed by atoms with Crippen molar-refractivity contribution in [2.45, 2.75) is 109 Å². The molecule has 8 nitrogen and oxygen atoms in total. The largest absolute Gasteiger partial charge is 0.490 e. The summed E-state index contributed by atoms with van der Waals surface area (Å²) in [6.07, 6.45) is 8.83. The predicted molar refractivity (Wildman–Crippen MR) is 175 cm³/mol. The van der Waals surface area contributed by atoms with Crippen LogP contribution < -0.4 is 34.2 Å². The fourth-order valence-electron chi connectivity index (χ4n) is 5.88. The molecule has 8 heteroatoms. The molecule has 44 heavy (non-hydrogen) atoms. The number of hydrogen-bond acceptors (Lipinski definition) is 8. The quantitative estimate of drug-likeness (QED) is 0.150. The van der Waals surface area contributed by atoms with Gasteiger partial charge in [-0.3, -0.25) is 0 Å². The van der Waals surface area contributed by atoms with Crippen LogP contribution in [-0.4, -0.2) is 46.2 Å². The van der Waals surface area contributed by atoms with Crippen molar-refractivity contribution in [2.75, 3.05) is 34.0 Å². The van der Waals surface area contributed by atoms with E-state index in [1.165, 1.54) is 0 Å². The second-order valence-corrected chi connectivity index (χ2v) is 12.1. The van der Waals surface area contributed by atoms with Gasteiger partial charge in [0.2, 0.25) is 11.5 Å². The minimum absolute atomic E-state index is 0.0145. The van der Waals surface area contributed by atoms with Gasteiger partial charge in [-0.1, -0.05) is 65.5 Å². The van der Waals surface area contributed by atoms with Crippen LogP contribution in [0, 0.1) is 17.2 Å². The number of nitriles is 1. The summed E-state index contributed by atoms with van der Waals surface area (Å²) >= 11 is 0. The van der Waals surface area contributed by atoms with Crippen LogP contribution >= 0.6 is 0 Å². The van der Waals surface area contributed by atoms with Gasteiger partial charge < -0.3 is 34.2 Å². The molecule has 1 aliphatic rings. The second-order valence-electron chi connectivity index (χ2n) is 12.1. The molecule has 2 N–H and O–H groups in total. The Morgan fingerprint density at radius 2 is 1.59 bits per heavy atom. The third-order valence-electron chi connectivity index (χ3n) is 8.51. The highest BCUT2D eigenvalue weighted by molar-refractivity contribution is 5.65. The number of para-hydroxylation sites is 2. The summed E-state index contributed by atoms with van der Waals surface area (Å²) in [7, 11) is 3.22. The Kier molecular flexibility index (Phi) is 14.3. The van der Waals surface area contributed by atoms with Crippen LogP contribution in [0.25, 0.3) is 0 Å². The minimum Gasteiger partial charge on any atom is -0.490 e.